The van der Waals surface area contributed by atoms with Crippen LogP contribution in [-0.4, -0.2) is 43.1 Å². The zero-order chi connectivity index (χ0) is 26.3. The van der Waals surface area contributed by atoms with Crippen molar-refractivity contribution in [1.29, 1.82) is 0 Å². The number of sulfone groups is 1. The third-order valence-corrected chi connectivity index (χ3v) is 8.16. The van der Waals surface area contributed by atoms with Gasteiger partial charge in [-0.05, 0) is 72.2 Å². The summed E-state index contributed by atoms with van der Waals surface area (Å²) in [6, 6.07) is 12.3. The van der Waals surface area contributed by atoms with E-state index in [9.17, 15) is 22.7 Å². The Bertz CT molecular complexity index is 1470. The first-order chi connectivity index (χ1) is 17.6. The van der Waals surface area contributed by atoms with Gasteiger partial charge in [-0.15, -0.1) is 0 Å². The average molecular weight is 526 g/mol. The summed E-state index contributed by atoms with van der Waals surface area (Å²) in [5, 5.41) is 9.29. The molecule has 1 fully saturated rings. The van der Waals surface area contributed by atoms with E-state index in [1.807, 2.05) is 25.1 Å². The molecule has 1 saturated carbocycles. The zero-order valence-electron chi connectivity index (χ0n) is 20.6. The second-order valence-corrected chi connectivity index (χ2v) is 12.1. The summed E-state index contributed by atoms with van der Waals surface area (Å²) in [4.78, 5) is 15.6. The van der Waals surface area contributed by atoms with Crippen LogP contribution in [-0.2, 0) is 27.7 Å². The topological polar surface area (TPSA) is 103 Å². The van der Waals surface area contributed by atoms with Gasteiger partial charge >= 0.3 is 5.97 Å². The molecular formula is C28H28FNO6S. The number of aromatic nitrogens is 1. The molecule has 9 heteroatoms. The van der Waals surface area contributed by atoms with E-state index in [1.54, 1.807) is 24.4 Å². The molecule has 2 aromatic carbocycles. The van der Waals surface area contributed by atoms with Crippen LogP contribution in [0, 0.1) is 24.6 Å². The predicted molar refractivity (Wildman–Crippen MR) is 136 cm³/mol. The summed E-state index contributed by atoms with van der Waals surface area (Å²) in [5.41, 5.74) is 5.12. The third-order valence-electron chi connectivity index (χ3n) is 7.13. The Labute approximate surface area is 215 Å². The van der Waals surface area contributed by atoms with Crippen LogP contribution in [0.2, 0.25) is 0 Å². The Hall–Kier alpha value is -3.46. The van der Waals surface area contributed by atoms with E-state index in [0.29, 0.717) is 23.6 Å². The number of hydrogen-bond acceptors (Lipinski definition) is 6. The Kier molecular flexibility index (Phi) is 6.66. The number of fused-ring (bicyclic) bond motifs is 3. The number of benzene rings is 2. The fraction of sp³-hybridized carbons (Fsp3) is 0.357. The van der Waals surface area contributed by atoms with E-state index >= 15 is 0 Å². The summed E-state index contributed by atoms with van der Waals surface area (Å²) in [6.45, 7) is 2.21. The summed E-state index contributed by atoms with van der Waals surface area (Å²) in [5.74, 6) is 0.0170. The van der Waals surface area contributed by atoms with Crippen LogP contribution < -0.4 is 9.47 Å². The standard InChI is InChI=1S/C28H28FNO6S/c1-16-10-25(35-8-3-9-37(2,33)34)30-14-23(16)17-4-7-24(29)19(11-17)15-36-20-5-6-21-18(12-20)13-22-26(21)27(22)28(31)32/h4-7,10-12,14,22,26-27H,3,8-9,13,15H2,1-2H3,(H,31,32)/t22-,26+,27+/m1/s1. The number of ether oxygens (including phenoxy) is 2. The molecule has 0 spiro atoms. The van der Waals surface area contributed by atoms with Crippen molar-refractivity contribution < 1.29 is 32.2 Å². The highest BCUT2D eigenvalue weighted by Gasteiger charge is 2.59. The van der Waals surface area contributed by atoms with Crippen LogP contribution in [0.15, 0.2) is 48.7 Å². The van der Waals surface area contributed by atoms with Crippen molar-refractivity contribution in [3.63, 3.8) is 0 Å². The van der Waals surface area contributed by atoms with Crippen LogP contribution in [0.25, 0.3) is 11.1 Å². The number of hydrogen-bond donors (Lipinski definition) is 1. The SMILES string of the molecule is Cc1cc(OCCCS(C)(=O)=O)ncc1-c1ccc(F)c(COc2ccc3c(c2)C[C@H]2[C@H](C(=O)O)[C@@H]32)c1. The largest absolute Gasteiger partial charge is 0.489 e. The lowest BCUT2D eigenvalue weighted by Crippen LogP contribution is -2.08. The first-order valence-corrected chi connectivity index (χ1v) is 14.2. The molecule has 3 atom stereocenters. The number of nitrogens with zero attached hydrogens (tertiary/aromatic N) is 1. The van der Waals surface area contributed by atoms with Gasteiger partial charge in [0.15, 0.2) is 0 Å². The maximum absolute atomic E-state index is 14.6. The smallest absolute Gasteiger partial charge is 0.307 e. The van der Waals surface area contributed by atoms with Crippen molar-refractivity contribution in [3.8, 4) is 22.8 Å². The summed E-state index contributed by atoms with van der Waals surface area (Å²) >= 11 is 0. The summed E-state index contributed by atoms with van der Waals surface area (Å²) in [7, 11) is -3.03. The molecule has 0 aliphatic heterocycles. The van der Waals surface area contributed by atoms with Crippen molar-refractivity contribution in [2.24, 2.45) is 11.8 Å². The molecule has 7 nitrogen and oxygen atoms in total. The van der Waals surface area contributed by atoms with Crippen molar-refractivity contribution in [2.75, 3.05) is 18.6 Å². The molecule has 2 aliphatic carbocycles. The molecular weight excluding hydrogens is 497 g/mol. The highest BCUT2D eigenvalue weighted by molar-refractivity contribution is 7.90. The molecule has 194 valence electrons. The Balaban J connectivity index is 1.23. The Morgan fingerprint density at radius 1 is 1.16 bits per heavy atom. The second-order valence-electron chi connectivity index (χ2n) is 9.88. The minimum Gasteiger partial charge on any atom is -0.489 e. The van der Waals surface area contributed by atoms with E-state index in [4.69, 9.17) is 9.47 Å². The molecule has 0 amide bonds. The van der Waals surface area contributed by atoms with E-state index in [0.717, 1.165) is 34.2 Å². The minimum absolute atomic E-state index is 0.0527. The number of carbonyl (C=O) groups is 1. The van der Waals surface area contributed by atoms with Gasteiger partial charge in [-0.25, -0.2) is 17.8 Å². The number of halogens is 1. The van der Waals surface area contributed by atoms with E-state index in [2.05, 4.69) is 4.98 Å². The van der Waals surface area contributed by atoms with Gasteiger partial charge in [0.05, 0.1) is 18.3 Å². The molecule has 5 rings (SSSR count). The predicted octanol–water partition coefficient (Wildman–Crippen LogP) is 4.56. The van der Waals surface area contributed by atoms with Gasteiger partial charge in [0.25, 0.3) is 0 Å². The van der Waals surface area contributed by atoms with Crippen LogP contribution in [0.1, 0.15) is 34.6 Å². The van der Waals surface area contributed by atoms with Gasteiger partial charge in [0, 0.05) is 35.6 Å². The fourth-order valence-electron chi connectivity index (χ4n) is 5.24. The van der Waals surface area contributed by atoms with E-state index < -0.39 is 15.8 Å². The number of aryl methyl sites for hydroxylation is 1. The lowest BCUT2D eigenvalue weighted by Gasteiger charge is -2.13. The molecule has 0 radical (unpaired) electrons. The van der Waals surface area contributed by atoms with Crippen molar-refractivity contribution in [2.45, 2.75) is 32.3 Å². The highest BCUT2D eigenvalue weighted by atomic mass is 32.2. The number of carboxylic acids is 1. The van der Waals surface area contributed by atoms with Gasteiger partial charge < -0.3 is 14.6 Å². The summed E-state index contributed by atoms with van der Waals surface area (Å²) in [6.07, 6.45) is 3.98. The Morgan fingerprint density at radius 2 is 1.97 bits per heavy atom. The van der Waals surface area contributed by atoms with Gasteiger partial charge in [-0.2, -0.15) is 0 Å². The second kappa shape index (κ2) is 9.78. The molecule has 1 aromatic heterocycles. The molecule has 2 aliphatic rings. The molecule has 37 heavy (non-hydrogen) atoms. The van der Waals surface area contributed by atoms with Crippen LogP contribution in [0.3, 0.4) is 0 Å². The van der Waals surface area contributed by atoms with Gasteiger partial charge in [-0.3, -0.25) is 4.79 Å². The Morgan fingerprint density at radius 3 is 2.70 bits per heavy atom. The van der Waals surface area contributed by atoms with Crippen LogP contribution in [0.5, 0.6) is 11.6 Å². The molecule has 0 bridgehead atoms. The number of aliphatic carboxylic acids is 1. The highest BCUT2D eigenvalue weighted by Crippen LogP contribution is 2.61. The van der Waals surface area contributed by atoms with Crippen LogP contribution in [0.4, 0.5) is 4.39 Å². The van der Waals surface area contributed by atoms with Gasteiger partial charge in [-0.1, -0.05) is 12.1 Å². The molecule has 0 saturated heterocycles. The fourth-order valence-corrected chi connectivity index (χ4v) is 5.88. The minimum atomic E-state index is -3.03. The number of pyridine rings is 1. The monoisotopic (exact) mass is 525 g/mol. The molecule has 1 heterocycles. The van der Waals surface area contributed by atoms with Crippen molar-refractivity contribution in [3.05, 3.63) is 76.7 Å². The average Bonchev–Trinajstić information content (AvgIpc) is 3.43. The van der Waals surface area contributed by atoms with E-state index in [1.165, 1.54) is 12.3 Å². The maximum Gasteiger partial charge on any atom is 0.307 e. The first kappa shape index (κ1) is 25.2. The molecule has 1 N–H and O–H groups in total. The third kappa shape index (κ3) is 5.46. The van der Waals surface area contributed by atoms with E-state index in [-0.39, 0.29) is 42.5 Å². The lowest BCUT2D eigenvalue weighted by atomic mass is 10.0. The lowest BCUT2D eigenvalue weighted by molar-refractivity contribution is -0.139. The van der Waals surface area contributed by atoms with Gasteiger partial charge in [0.2, 0.25) is 5.88 Å². The van der Waals surface area contributed by atoms with Crippen molar-refractivity contribution in [1.82, 2.24) is 4.98 Å². The summed E-state index contributed by atoms with van der Waals surface area (Å²) < 4.78 is 48.6. The number of carboxylic acid groups (broad SMARTS) is 1. The zero-order valence-corrected chi connectivity index (χ0v) is 21.4. The normalized spacial score (nSPS) is 19.7. The maximum atomic E-state index is 14.6. The molecule has 3 aromatic rings. The first-order valence-electron chi connectivity index (χ1n) is 12.1. The van der Waals surface area contributed by atoms with Crippen LogP contribution >= 0.6 is 0 Å². The van der Waals surface area contributed by atoms with Gasteiger partial charge in [0.1, 0.15) is 28.0 Å². The number of rotatable bonds is 10. The quantitative estimate of drug-likeness (QED) is 0.387. The van der Waals surface area contributed by atoms with Crippen molar-refractivity contribution >= 4 is 15.8 Å². The molecule has 0 unspecified atom stereocenters.